The molecule has 31 heavy (non-hydrogen) atoms. The Kier molecular flexibility index (Phi) is 6.78. The third-order valence-electron chi connectivity index (χ3n) is 5.42. The third kappa shape index (κ3) is 5.59. The van der Waals surface area contributed by atoms with E-state index in [1.54, 1.807) is 36.1 Å². The Morgan fingerprint density at radius 3 is 2.32 bits per heavy atom. The topological polar surface area (TPSA) is 101 Å². The van der Waals surface area contributed by atoms with Crippen LogP contribution in [0.2, 0.25) is 0 Å². The molecule has 2 aliphatic heterocycles. The molecule has 0 bridgehead atoms. The van der Waals surface area contributed by atoms with E-state index in [-0.39, 0.29) is 18.4 Å². The van der Waals surface area contributed by atoms with Crippen molar-refractivity contribution in [2.45, 2.75) is 13.5 Å². The van der Waals surface area contributed by atoms with Gasteiger partial charge in [0.05, 0.1) is 19.8 Å². The zero-order valence-corrected chi connectivity index (χ0v) is 17.7. The fourth-order valence-corrected chi connectivity index (χ4v) is 3.63. The molecule has 2 aromatic rings. The minimum Gasteiger partial charge on any atom is -0.485 e. The second-order valence-corrected chi connectivity index (χ2v) is 7.60. The first-order chi connectivity index (χ1) is 15.1. The van der Waals surface area contributed by atoms with E-state index in [2.05, 4.69) is 15.0 Å². The molecule has 0 aliphatic carbocycles. The van der Waals surface area contributed by atoms with Crippen molar-refractivity contribution in [1.29, 1.82) is 0 Å². The van der Waals surface area contributed by atoms with Crippen molar-refractivity contribution < 1.29 is 23.6 Å². The van der Waals surface area contributed by atoms with E-state index >= 15 is 0 Å². The lowest BCUT2D eigenvalue weighted by Crippen LogP contribution is -2.53. The van der Waals surface area contributed by atoms with Crippen molar-refractivity contribution in [3.63, 3.8) is 0 Å². The van der Waals surface area contributed by atoms with Gasteiger partial charge >= 0.3 is 0 Å². The number of piperazine rings is 1. The summed E-state index contributed by atoms with van der Waals surface area (Å²) in [5.41, 5.74) is 0.593. The van der Waals surface area contributed by atoms with Gasteiger partial charge in [0.2, 0.25) is 17.6 Å². The van der Waals surface area contributed by atoms with Gasteiger partial charge in [-0.3, -0.25) is 14.5 Å². The van der Waals surface area contributed by atoms with Crippen molar-refractivity contribution in [2.24, 2.45) is 0 Å². The highest BCUT2D eigenvalue weighted by Crippen LogP contribution is 2.16. The molecule has 4 rings (SSSR count). The van der Waals surface area contributed by atoms with Gasteiger partial charge in [-0.05, 0) is 24.3 Å². The predicted molar refractivity (Wildman–Crippen MR) is 110 cm³/mol. The summed E-state index contributed by atoms with van der Waals surface area (Å²) in [6, 6.07) is 6.99. The minimum atomic E-state index is -0.0411. The number of aryl methyl sites for hydroxylation is 1. The molecule has 0 atom stereocenters. The van der Waals surface area contributed by atoms with Crippen LogP contribution in [0.15, 0.2) is 28.8 Å². The van der Waals surface area contributed by atoms with Crippen LogP contribution in [0.5, 0.6) is 5.75 Å². The van der Waals surface area contributed by atoms with Crippen LogP contribution in [0, 0.1) is 6.92 Å². The number of hydrogen-bond acceptors (Lipinski definition) is 8. The van der Waals surface area contributed by atoms with Crippen LogP contribution in [-0.2, 0) is 16.1 Å². The number of carbonyl (C=O) groups excluding carboxylic acids is 2. The van der Waals surface area contributed by atoms with Crippen LogP contribution in [0.4, 0.5) is 0 Å². The molecule has 0 radical (unpaired) electrons. The number of amides is 2. The Balaban J connectivity index is 1.23. The van der Waals surface area contributed by atoms with Gasteiger partial charge in [0, 0.05) is 51.8 Å². The Morgan fingerprint density at radius 2 is 1.68 bits per heavy atom. The van der Waals surface area contributed by atoms with E-state index in [1.165, 1.54) is 0 Å². The highest BCUT2D eigenvalue weighted by Gasteiger charge is 2.26. The first kappa shape index (κ1) is 21.3. The maximum absolute atomic E-state index is 12.8. The molecular weight excluding hydrogens is 402 g/mol. The lowest BCUT2D eigenvalue weighted by Gasteiger charge is -2.36. The van der Waals surface area contributed by atoms with Gasteiger partial charge in [0.15, 0.2) is 6.61 Å². The fourth-order valence-electron chi connectivity index (χ4n) is 3.63. The smallest absolute Gasteiger partial charge is 0.253 e. The van der Waals surface area contributed by atoms with Gasteiger partial charge in [-0.15, -0.1) is 0 Å². The van der Waals surface area contributed by atoms with E-state index in [0.29, 0.717) is 69.0 Å². The van der Waals surface area contributed by atoms with E-state index < -0.39 is 0 Å². The Hall–Kier alpha value is -2.98. The molecule has 2 amide bonds. The third-order valence-corrected chi connectivity index (χ3v) is 5.42. The molecule has 1 aromatic heterocycles. The summed E-state index contributed by atoms with van der Waals surface area (Å²) in [5, 5.41) is 3.78. The number of carbonyl (C=O) groups is 2. The SMILES string of the molecule is Cc1nc(COc2ccc(C(=O)N3CCN(C(=O)CN4CCOCC4)CC3)cc2)no1. The summed E-state index contributed by atoms with van der Waals surface area (Å²) < 4.78 is 15.9. The predicted octanol–water partition coefficient (Wildman–Crippen LogP) is 0.574. The highest BCUT2D eigenvalue weighted by molar-refractivity contribution is 5.94. The summed E-state index contributed by atoms with van der Waals surface area (Å²) in [4.78, 5) is 35.2. The van der Waals surface area contributed by atoms with Gasteiger partial charge < -0.3 is 23.8 Å². The zero-order valence-electron chi connectivity index (χ0n) is 17.7. The average molecular weight is 429 g/mol. The van der Waals surface area contributed by atoms with Crippen molar-refractivity contribution >= 4 is 11.8 Å². The van der Waals surface area contributed by atoms with Gasteiger partial charge in [0.25, 0.3) is 5.91 Å². The molecule has 10 heteroatoms. The normalized spacial score (nSPS) is 17.6. The van der Waals surface area contributed by atoms with E-state index in [9.17, 15) is 9.59 Å². The summed E-state index contributed by atoms with van der Waals surface area (Å²) in [7, 11) is 0. The second kappa shape index (κ2) is 9.88. The number of hydrogen-bond donors (Lipinski definition) is 0. The summed E-state index contributed by atoms with van der Waals surface area (Å²) in [6.07, 6.45) is 0. The number of aromatic nitrogens is 2. The van der Waals surface area contributed by atoms with Crippen molar-refractivity contribution in [3.8, 4) is 5.75 Å². The number of ether oxygens (including phenoxy) is 2. The molecule has 2 saturated heterocycles. The average Bonchev–Trinajstić information content (AvgIpc) is 3.23. The van der Waals surface area contributed by atoms with E-state index in [0.717, 1.165) is 13.1 Å². The standard InChI is InChI=1S/C21H27N5O5/c1-16-22-19(23-31-16)15-30-18-4-2-17(3-5-18)21(28)26-8-6-25(7-9-26)20(27)14-24-10-12-29-13-11-24/h2-5H,6-15H2,1H3. The molecular formula is C21H27N5O5. The van der Waals surface area contributed by atoms with Gasteiger partial charge in [-0.1, -0.05) is 5.16 Å². The van der Waals surface area contributed by atoms with Crippen LogP contribution >= 0.6 is 0 Å². The molecule has 1 aromatic carbocycles. The number of morpholine rings is 1. The highest BCUT2D eigenvalue weighted by atomic mass is 16.5. The van der Waals surface area contributed by atoms with Crippen molar-refractivity contribution in [3.05, 3.63) is 41.5 Å². The lowest BCUT2D eigenvalue weighted by molar-refractivity contribution is -0.134. The first-order valence-corrected chi connectivity index (χ1v) is 10.5. The molecule has 2 fully saturated rings. The van der Waals surface area contributed by atoms with Gasteiger partial charge in [-0.2, -0.15) is 4.98 Å². The van der Waals surface area contributed by atoms with Crippen LogP contribution in [-0.4, -0.2) is 95.7 Å². The summed E-state index contributed by atoms with van der Waals surface area (Å²) in [5.74, 6) is 1.66. The summed E-state index contributed by atoms with van der Waals surface area (Å²) in [6.45, 7) is 7.44. The largest absolute Gasteiger partial charge is 0.485 e. The van der Waals surface area contributed by atoms with Crippen molar-refractivity contribution in [1.82, 2.24) is 24.8 Å². The number of nitrogens with zero attached hydrogens (tertiary/aromatic N) is 5. The fraction of sp³-hybridized carbons (Fsp3) is 0.524. The Bertz CT molecular complexity index is 886. The Morgan fingerprint density at radius 1 is 1.00 bits per heavy atom. The van der Waals surface area contributed by atoms with E-state index in [1.807, 2.05) is 4.90 Å². The van der Waals surface area contributed by atoms with Crippen molar-refractivity contribution in [2.75, 3.05) is 59.0 Å². The lowest BCUT2D eigenvalue weighted by atomic mass is 10.1. The zero-order chi connectivity index (χ0) is 21.6. The number of rotatable bonds is 6. The number of benzene rings is 1. The quantitative estimate of drug-likeness (QED) is 0.657. The van der Waals surface area contributed by atoms with Crippen LogP contribution in [0.3, 0.4) is 0 Å². The van der Waals surface area contributed by atoms with E-state index in [4.69, 9.17) is 14.0 Å². The molecule has 2 aliphatic rings. The monoisotopic (exact) mass is 429 g/mol. The molecule has 10 nitrogen and oxygen atoms in total. The van der Waals surface area contributed by atoms with Gasteiger partial charge in [-0.25, -0.2) is 0 Å². The Labute approximate surface area is 180 Å². The van der Waals surface area contributed by atoms with Crippen LogP contribution in [0.25, 0.3) is 0 Å². The van der Waals surface area contributed by atoms with Crippen LogP contribution in [0.1, 0.15) is 22.1 Å². The first-order valence-electron chi connectivity index (χ1n) is 10.5. The molecule has 0 spiro atoms. The maximum Gasteiger partial charge on any atom is 0.253 e. The molecule has 0 saturated carbocycles. The molecule has 3 heterocycles. The summed E-state index contributed by atoms with van der Waals surface area (Å²) >= 11 is 0. The van der Waals surface area contributed by atoms with Gasteiger partial charge in [0.1, 0.15) is 5.75 Å². The minimum absolute atomic E-state index is 0.0411. The molecule has 0 N–H and O–H groups in total. The van der Waals surface area contributed by atoms with Crippen LogP contribution < -0.4 is 4.74 Å². The molecule has 166 valence electrons. The molecule has 0 unspecified atom stereocenters. The second-order valence-electron chi connectivity index (χ2n) is 7.60. The maximum atomic E-state index is 12.8.